The van der Waals surface area contributed by atoms with Crippen molar-refractivity contribution in [1.82, 2.24) is 0 Å². The Hall–Kier alpha value is -0.980. The molecule has 1 aliphatic heterocycles. The van der Waals surface area contributed by atoms with E-state index >= 15 is 0 Å². The van der Waals surface area contributed by atoms with Gasteiger partial charge in [-0.2, -0.15) is 0 Å². The average Bonchev–Trinajstić information content (AvgIpc) is 2.53. The molecule has 0 spiro atoms. The van der Waals surface area contributed by atoms with Crippen LogP contribution in [0, 0.1) is 17.3 Å². The van der Waals surface area contributed by atoms with Gasteiger partial charge in [0.2, 0.25) is 0 Å². The van der Waals surface area contributed by atoms with Gasteiger partial charge in [-0.3, -0.25) is 0 Å². The Morgan fingerprint density at radius 2 is 1.85 bits per heavy atom. The molecule has 7 heteroatoms. The molecule has 0 radical (unpaired) electrons. The Labute approximate surface area is 154 Å². The van der Waals surface area contributed by atoms with Crippen molar-refractivity contribution in [2.24, 2.45) is 5.41 Å². The highest BCUT2D eigenvalue weighted by atomic mass is 16.7. The van der Waals surface area contributed by atoms with Gasteiger partial charge in [0.1, 0.15) is 30.5 Å². The Morgan fingerprint density at radius 1 is 1.19 bits per heavy atom. The molecule has 5 N–H and O–H groups in total. The molecule has 0 saturated carbocycles. The van der Waals surface area contributed by atoms with Crippen molar-refractivity contribution >= 4 is 0 Å². The fourth-order valence-electron chi connectivity index (χ4n) is 3.66. The van der Waals surface area contributed by atoms with E-state index in [4.69, 9.17) is 9.47 Å². The van der Waals surface area contributed by atoms with Crippen LogP contribution in [0.3, 0.4) is 0 Å². The lowest BCUT2D eigenvalue weighted by atomic mass is 9.72. The Balaban J connectivity index is 2.08. The van der Waals surface area contributed by atoms with Crippen LogP contribution >= 0.6 is 0 Å². The summed E-state index contributed by atoms with van der Waals surface area (Å²) in [6.07, 6.45) is -6.30. The molecule has 0 bridgehead atoms. The molecule has 26 heavy (non-hydrogen) atoms. The van der Waals surface area contributed by atoms with Crippen LogP contribution in [-0.2, 0) is 9.47 Å². The number of hydrogen-bond acceptors (Lipinski definition) is 7. The summed E-state index contributed by atoms with van der Waals surface area (Å²) in [6, 6.07) is 0. The van der Waals surface area contributed by atoms with Crippen LogP contribution in [0.2, 0.25) is 0 Å². The fourth-order valence-corrected chi connectivity index (χ4v) is 3.66. The molecule has 2 aliphatic rings. The number of ether oxygens (including phenoxy) is 2. The summed E-state index contributed by atoms with van der Waals surface area (Å²) in [4.78, 5) is 0. The standard InChI is InChI=1S/C19H30O7/c1-10-7-12(21)8-19(3,4)13(10)6-5-11(2)25-18-17(24)16(23)15(22)14(9-20)26-18/h11-12,14-18,20-24H,7-9H2,1-4H3/t11-,12-,14+,15+,16-,17+,18+/m0/s1. The lowest BCUT2D eigenvalue weighted by Crippen LogP contribution is -2.59. The van der Waals surface area contributed by atoms with E-state index in [1.165, 1.54) is 0 Å². The van der Waals surface area contributed by atoms with Crippen LogP contribution in [0.25, 0.3) is 0 Å². The van der Waals surface area contributed by atoms with Crippen LogP contribution in [0.1, 0.15) is 40.5 Å². The molecule has 1 saturated heterocycles. The topological polar surface area (TPSA) is 120 Å². The van der Waals surface area contributed by atoms with Crippen LogP contribution in [-0.4, -0.2) is 75.1 Å². The summed E-state index contributed by atoms with van der Waals surface area (Å²) in [5, 5.41) is 48.8. The lowest BCUT2D eigenvalue weighted by molar-refractivity contribution is -0.305. The lowest BCUT2D eigenvalue weighted by Gasteiger charge is -2.40. The molecular weight excluding hydrogens is 340 g/mol. The normalized spacial score (nSPS) is 38.5. The molecule has 1 aliphatic carbocycles. The molecule has 7 nitrogen and oxygen atoms in total. The van der Waals surface area contributed by atoms with Gasteiger partial charge in [-0.05, 0) is 26.7 Å². The summed E-state index contributed by atoms with van der Waals surface area (Å²) in [6.45, 7) is 7.21. The van der Waals surface area contributed by atoms with Gasteiger partial charge in [0.15, 0.2) is 6.29 Å². The smallest absolute Gasteiger partial charge is 0.188 e. The highest BCUT2D eigenvalue weighted by Gasteiger charge is 2.44. The number of hydrogen-bond donors (Lipinski definition) is 5. The first-order valence-corrected chi connectivity index (χ1v) is 8.92. The molecule has 0 aromatic heterocycles. The molecule has 1 heterocycles. The summed E-state index contributed by atoms with van der Waals surface area (Å²) in [7, 11) is 0. The maximum atomic E-state index is 10.0. The Morgan fingerprint density at radius 3 is 2.42 bits per heavy atom. The molecule has 0 unspecified atom stereocenters. The predicted octanol–water partition coefficient (Wildman–Crippen LogP) is -0.308. The zero-order valence-corrected chi connectivity index (χ0v) is 15.7. The molecule has 148 valence electrons. The molecular formula is C19H30O7. The van der Waals surface area contributed by atoms with Crippen LogP contribution in [0.4, 0.5) is 0 Å². The SMILES string of the molecule is CC1=C(C#C[C@H](C)O[C@@H]2O[C@H](CO)[C@@H](O)[C@H](O)[C@H]2O)C(C)(C)C[C@@H](O)C1. The third kappa shape index (κ3) is 4.65. The van der Waals surface area contributed by atoms with E-state index in [9.17, 15) is 25.5 Å². The van der Waals surface area contributed by atoms with E-state index in [0.29, 0.717) is 12.8 Å². The van der Waals surface area contributed by atoms with Gasteiger partial charge in [-0.1, -0.05) is 31.3 Å². The highest BCUT2D eigenvalue weighted by molar-refractivity contribution is 5.40. The highest BCUT2D eigenvalue weighted by Crippen LogP contribution is 2.39. The maximum Gasteiger partial charge on any atom is 0.188 e. The minimum atomic E-state index is -1.48. The quantitative estimate of drug-likeness (QED) is 0.432. The van der Waals surface area contributed by atoms with Crippen molar-refractivity contribution in [3.8, 4) is 11.8 Å². The Bertz CT molecular complexity index is 586. The summed E-state index contributed by atoms with van der Waals surface area (Å²) in [5.41, 5.74) is 1.77. The number of aliphatic hydroxyl groups excluding tert-OH is 5. The van der Waals surface area contributed by atoms with Gasteiger partial charge in [0.05, 0.1) is 12.7 Å². The average molecular weight is 370 g/mol. The van der Waals surface area contributed by atoms with Gasteiger partial charge < -0.3 is 35.0 Å². The number of aliphatic hydroxyl groups is 5. The molecule has 7 atom stereocenters. The summed E-state index contributed by atoms with van der Waals surface area (Å²) in [5.74, 6) is 6.10. The van der Waals surface area contributed by atoms with Gasteiger partial charge in [0.25, 0.3) is 0 Å². The van der Waals surface area contributed by atoms with E-state index in [1.54, 1.807) is 6.92 Å². The van der Waals surface area contributed by atoms with Gasteiger partial charge >= 0.3 is 0 Å². The third-order valence-electron chi connectivity index (χ3n) is 4.98. The van der Waals surface area contributed by atoms with Gasteiger partial charge in [0, 0.05) is 11.0 Å². The van der Waals surface area contributed by atoms with Crippen molar-refractivity contribution < 1.29 is 35.0 Å². The van der Waals surface area contributed by atoms with Crippen molar-refractivity contribution in [1.29, 1.82) is 0 Å². The second kappa shape index (κ2) is 8.36. The summed E-state index contributed by atoms with van der Waals surface area (Å²) < 4.78 is 10.9. The van der Waals surface area contributed by atoms with Crippen LogP contribution in [0.15, 0.2) is 11.1 Å². The third-order valence-corrected chi connectivity index (χ3v) is 4.98. The second-order valence-electron chi connectivity index (χ2n) is 7.85. The van der Waals surface area contributed by atoms with E-state index in [1.807, 2.05) is 20.8 Å². The van der Waals surface area contributed by atoms with Crippen molar-refractivity contribution in [3.63, 3.8) is 0 Å². The summed E-state index contributed by atoms with van der Waals surface area (Å²) >= 11 is 0. The first-order chi connectivity index (χ1) is 12.1. The van der Waals surface area contributed by atoms with E-state index in [-0.39, 0.29) is 11.5 Å². The monoisotopic (exact) mass is 370 g/mol. The first kappa shape index (κ1) is 21.3. The van der Waals surface area contributed by atoms with Crippen molar-refractivity contribution in [3.05, 3.63) is 11.1 Å². The van der Waals surface area contributed by atoms with E-state index in [0.717, 1.165) is 11.1 Å². The zero-order chi connectivity index (χ0) is 19.6. The maximum absolute atomic E-state index is 10.0. The minimum Gasteiger partial charge on any atom is -0.394 e. The largest absolute Gasteiger partial charge is 0.394 e. The molecule has 0 aromatic rings. The van der Waals surface area contributed by atoms with E-state index in [2.05, 4.69) is 11.8 Å². The fraction of sp³-hybridized carbons (Fsp3) is 0.789. The van der Waals surface area contributed by atoms with Crippen molar-refractivity contribution in [2.75, 3.05) is 6.61 Å². The van der Waals surface area contributed by atoms with E-state index < -0.39 is 43.4 Å². The number of rotatable bonds is 3. The van der Waals surface area contributed by atoms with Crippen LogP contribution < -0.4 is 0 Å². The second-order valence-corrected chi connectivity index (χ2v) is 7.85. The van der Waals surface area contributed by atoms with Crippen LogP contribution in [0.5, 0.6) is 0 Å². The predicted molar refractivity (Wildman–Crippen MR) is 93.8 cm³/mol. The van der Waals surface area contributed by atoms with Gasteiger partial charge in [-0.15, -0.1) is 0 Å². The molecule has 0 aromatic carbocycles. The Kier molecular flexibility index (Phi) is 6.86. The zero-order valence-electron chi connectivity index (χ0n) is 15.7. The van der Waals surface area contributed by atoms with Gasteiger partial charge in [-0.25, -0.2) is 0 Å². The van der Waals surface area contributed by atoms with Crippen molar-refractivity contribution in [2.45, 2.75) is 83.5 Å². The molecule has 0 amide bonds. The molecule has 1 fully saturated rings. The first-order valence-electron chi connectivity index (χ1n) is 8.92. The molecule has 2 rings (SSSR count). The number of allylic oxidation sites excluding steroid dienone is 1. The minimum absolute atomic E-state index is 0.238.